The van der Waals surface area contributed by atoms with Gasteiger partial charge in [0, 0.05) is 19.2 Å². The largest absolute Gasteiger partial charge is 0.363 e. The molecule has 0 radical (unpaired) electrons. The van der Waals surface area contributed by atoms with Crippen LogP contribution in [-0.4, -0.2) is 23.5 Å². The normalized spacial score (nSPS) is 20.6. The van der Waals surface area contributed by atoms with Gasteiger partial charge in [0.05, 0.1) is 6.04 Å². The number of rotatable bonds is 2. The number of halogens is 1. The minimum Gasteiger partial charge on any atom is -0.363 e. The third-order valence-corrected chi connectivity index (χ3v) is 2.08. The fourth-order valence-electron chi connectivity index (χ4n) is 1.39. The molecular formula is C9H10FN3O. The first-order valence-electron chi connectivity index (χ1n) is 4.39. The van der Waals surface area contributed by atoms with Crippen LogP contribution in [0, 0.1) is 5.82 Å². The van der Waals surface area contributed by atoms with E-state index in [0.717, 1.165) is 0 Å². The number of hydrogen-bond donors (Lipinski definition) is 2. The van der Waals surface area contributed by atoms with E-state index in [1.807, 2.05) is 0 Å². The zero-order valence-electron chi connectivity index (χ0n) is 7.46. The Hall–Kier alpha value is -1.65. The quantitative estimate of drug-likeness (QED) is 0.723. The van der Waals surface area contributed by atoms with E-state index in [2.05, 4.69) is 15.6 Å². The predicted molar refractivity (Wildman–Crippen MR) is 49.2 cm³/mol. The highest BCUT2D eigenvalue weighted by atomic mass is 19.1. The molecule has 1 atom stereocenters. The molecule has 4 nitrogen and oxygen atoms in total. The second kappa shape index (κ2) is 3.61. The van der Waals surface area contributed by atoms with E-state index < -0.39 is 5.82 Å². The van der Waals surface area contributed by atoms with Gasteiger partial charge in [-0.1, -0.05) is 0 Å². The van der Waals surface area contributed by atoms with E-state index in [9.17, 15) is 9.18 Å². The molecule has 1 fully saturated rings. The first-order chi connectivity index (χ1) is 6.75. The van der Waals surface area contributed by atoms with Crippen molar-refractivity contribution in [2.75, 3.05) is 11.9 Å². The summed E-state index contributed by atoms with van der Waals surface area (Å²) in [5.41, 5.74) is 0. The van der Waals surface area contributed by atoms with Crippen LogP contribution in [0.3, 0.4) is 0 Å². The SMILES string of the molecule is O=C1CC(Nc2ncccc2F)CN1. The highest BCUT2D eigenvalue weighted by Crippen LogP contribution is 2.12. The zero-order valence-corrected chi connectivity index (χ0v) is 7.46. The van der Waals surface area contributed by atoms with Gasteiger partial charge in [-0.05, 0) is 12.1 Å². The summed E-state index contributed by atoms with van der Waals surface area (Å²) >= 11 is 0. The topological polar surface area (TPSA) is 54.0 Å². The van der Waals surface area contributed by atoms with Gasteiger partial charge in [-0.3, -0.25) is 4.79 Å². The van der Waals surface area contributed by atoms with E-state index in [0.29, 0.717) is 13.0 Å². The smallest absolute Gasteiger partial charge is 0.222 e. The molecule has 1 aliphatic heterocycles. The Morgan fingerprint density at radius 2 is 2.50 bits per heavy atom. The van der Waals surface area contributed by atoms with Crippen LogP contribution in [0.4, 0.5) is 10.2 Å². The predicted octanol–water partition coefficient (Wildman–Crippen LogP) is 0.521. The Kier molecular flexibility index (Phi) is 2.30. The summed E-state index contributed by atoms with van der Waals surface area (Å²) in [4.78, 5) is 14.7. The molecule has 1 aromatic heterocycles. The molecular weight excluding hydrogens is 185 g/mol. The highest BCUT2D eigenvalue weighted by molar-refractivity contribution is 5.79. The summed E-state index contributed by atoms with van der Waals surface area (Å²) < 4.78 is 13.1. The van der Waals surface area contributed by atoms with Gasteiger partial charge in [-0.25, -0.2) is 9.37 Å². The number of amides is 1. The second-order valence-corrected chi connectivity index (χ2v) is 3.18. The number of carbonyl (C=O) groups excluding carboxylic acids is 1. The lowest BCUT2D eigenvalue weighted by atomic mass is 10.2. The van der Waals surface area contributed by atoms with Gasteiger partial charge in [0.25, 0.3) is 0 Å². The van der Waals surface area contributed by atoms with E-state index >= 15 is 0 Å². The molecule has 0 bridgehead atoms. The molecule has 14 heavy (non-hydrogen) atoms. The van der Waals surface area contributed by atoms with Crippen LogP contribution >= 0.6 is 0 Å². The number of nitrogens with zero attached hydrogens (tertiary/aromatic N) is 1. The average molecular weight is 195 g/mol. The van der Waals surface area contributed by atoms with Crippen LogP contribution in [0.1, 0.15) is 6.42 Å². The maximum absolute atomic E-state index is 13.1. The highest BCUT2D eigenvalue weighted by Gasteiger charge is 2.22. The summed E-state index contributed by atoms with van der Waals surface area (Å²) in [6.45, 7) is 0.523. The molecule has 74 valence electrons. The van der Waals surface area contributed by atoms with Crippen molar-refractivity contribution in [3.05, 3.63) is 24.1 Å². The molecule has 1 amide bonds. The van der Waals surface area contributed by atoms with Crippen molar-refractivity contribution >= 4 is 11.7 Å². The number of nitrogens with one attached hydrogen (secondary N) is 2. The first-order valence-corrected chi connectivity index (χ1v) is 4.39. The van der Waals surface area contributed by atoms with Crippen LogP contribution in [-0.2, 0) is 4.79 Å². The standard InChI is InChI=1S/C9H10FN3O/c10-7-2-1-3-11-9(7)13-6-4-8(14)12-5-6/h1-3,6H,4-5H2,(H,11,13)(H,12,14). The van der Waals surface area contributed by atoms with E-state index in [1.54, 1.807) is 0 Å². The Morgan fingerprint density at radius 3 is 3.14 bits per heavy atom. The van der Waals surface area contributed by atoms with Gasteiger partial charge in [0.2, 0.25) is 5.91 Å². The van der Waals surface area contributed by atoms with E-state index in [-0.39, 0.29) is 17.8 Å². The van der Waals surface area contributed by atoms with Crippen molar-refractivity contribution in [3.8, 4) is 0 Å². The Labute approximate surface area is 80.5 Å². The van der Waals surface area contributed by atoms with Crippen LogP contribution in [0.25, 0.3) is 0 Å². The van der Waals surface area contributed by atoms with Crippen molar-refractivity contribution in [1.29, 1.82) is 0 Å². The van der Waals surface area contributed by atoms with E-state index in [1.165, 1.54) is 18.3 Å². The van der Waals surface area contributed by atoms with Crippen LogP contribution in [0.15, 0.2) is 18.3 Å². The summed E-state index contributed by atoms with van der Waals surface area (Å²) in [5, 5.41) is 5.53. The first kappa shape index (κ1) is 8.93. The molecule has 5 heteroatoms. The molecule has 2 rings (SSSR count). The number of carbonyl (C=O) groups is 1. The lowest BCUT2D eigenvalue weighted by molar-refractivity contribution is -0.119. The fourth-order valence-corrected chi connectivity index (χ4v) is 1.39. The van der Waals surface area contributed by atoms with Gasteiger partial charge in [0.15, 0.2) is 11.6 Å². The number of anilines is 1. The number of aromatic nitrogens is 1. The van der Waals surface area contributed by atoms with Crippen LogP contribution in [0.5, 0.6) is 0 Å². The fraction of sp³-hybridized carbons (Fsp3) is 0.333. The monoisotopic (exact) mass is 195 g/mol. The molecule has 1 saturated heterocycles. The molecule has 1 aromatic rings. The molecule has 0 aliphatic carbocycles. The van der Waals surface area contributed by atoms with Crippen molar-refractivity contribution in [3.63, 3.8) is 0 Å². The van der Waals surface area contributed by atoms with Crippen LogP contribution < -0.4 is 10.6 Å². The molecule has 1 unspecified atom stereocenters. The average Bonchev–Trinajstić information content (AvgIpc) is 2.56. The molecule has 2 N–H and O–H groups in total. The molecule has 2 heterocycles. The van der Waals surface area contributed by atoms with Crippen molar-refractivity contribution in [2.24, 2.45) is 0 Å². The number of hydrogen-bond acceptors (Lipinski definition) is 3. The Morgan fingerprint density at radius 1 is 1.64 bits per heavy atom. The minimum absolute atomic E-state index is 0.0150. The van der Waals surface area contributed by atoms with Gasteiger partial charge >= 0.3 is 0 Å². The van der Waals surface area contributed by atoms with Crippen molar-refractivity contribution < 1.29 is 9.18 Å². The van der Waals surface area contributed by atoms with Crippen molar-refractivity contribution in [1.82, 2.24) is 10.3 Å². The Bertz CT molecular complexity index is 356. The zero-order chi connectivity index (χ0) is 9.97. The Balaban J connectivity index is 2.04. The second-order valence-electron chi connectivity index (χ2n) is 3.18. The van der Waals surface area contributed by atoms with E-state index in [4.69, 9.17) is 0 Å². The summed E-state index contributed by atoms with van der Waals surface area (Å²) in [6, 6.07) is 2.80. The maximum atomic E-state index is 13.1. The molecule has 0 saturated carbocycles. The summed E-state index contributed by atoms with van der Waals surface area (Å²) in [7, 11) is 0. The molecule has 0 aromatic carbocycles. The third-order valence-electron chi connectivity index (χ3n) is 2.08. The van der Waals surface area contributed by atoms with Crippen LogP contribution in [0.2, 0.25) is 0 Å². The van der Waals surface area contributed by atoms with Gasteiger partial charge in [0.1, 0.15) is 0 Å². The molecule has 0 spiro atoms. The minimum atomic E-state index is -0.396. The van der Waals surface area contributed by atoms with Gasteiger partial charge < -0.3 is 10.6 Å². The maximum Gasteiger partial charge on any atom is 0.222 e. The number of pyridine rings is 1. The van der Waals surface area contributed by atoms with Crippen molar-refractivity contribution in [2.45, 2.75) is 12.5 Å². The lowest BCUT2D eigenvalue weighted by Crippen LogP contribution is -2.23. The third kappa shape index (κ3) is 1.81. The molecule has 1 aliphatic rings. The lowest BCUT2D eigenvalue weighted by Gasteiger charge is -2.10. The summed E-state index contributed by atoms with van der Waals surface area (Å²) in [6.07, 6.45) is 1.88. The summed E-state index contributed by atoms with van der Waals surface area (Å²) in [5.74, 6) is -0.209. The van der Waals surface area contributed by atoms with Gasteiger partial charge in [-0.2, -0.15) is 0 Å². The van der Waals surface area contributed by atoms with Gasteiger partial charge in [-0.15, -0.1) is 0 Å².